The van der Waals surface area contributed by atoms with E-state index < -0.39 is 4.92 Å². The predicted octanol–water partition coefficient (Wildman–Crippen LogP) is 2.58. The van der Waals surface area contributed by atoms with Gasteiger partial charge in [0.15, 0.2) is 0 Å². The van der Waals surface area contributed by atoms with Crippen LogP contribution in [-0.2, 0) is 13.1 Å². The maximum atomic E-state index is 10.7. The SMILES string of the molecule is [N-]=[N+]=NCCCCn1cc(Cn2cc(-c3ccc([N+](=O)[O-])cc3)nn2)nn1. The van der Waals surface area contributed by atoms with E-state index in [4.69, 9.17) is 5.53 Å². The minimum Gasteiger partial charge on any atom is -0.258 e. The molecule has 3 rings (SSSR count). The molecule has 2 heterocycles. The summed E-state index contributed by atoms with van der Waals surface area (Å²) in [6, 6.07) is 6.14. The summed E-state index contributed by atoms with van der Waals surface area (Å²) in [7, 11) is 0. The molecule has 1 aromatic carbocycles. The highest BCUT2D eigenvalue weighted by molar-refractivity contribution is 5.59. The van der Waals surface area contributed by atoms with Gasteiger partial charge >= 0.3 is 0 Å². The summed E-state index contributed by atoms with van der Waals surface area (Å²) in [5, 5.41) is 30.5. The standard InChI is InChI=1S/C15H16N10O2/c16-20-17-7-1-2-8-23-9-13(18-21-23)10-24-11-15(19-22-24)12-3-5-14(6-4-12)25(26)27/h3-6,9,11H,1-2,7-8,10H2. The van der Waals surface area contributed by atoms with Crippen molar-refractivity contribution >= 4 is 5.69 Å². The second-order valence-electron chi connectivity index (χ2n) is 5.74. The Morgan fingerprint density at radius 3 is 2.63 bits per heavy atom. The van der Waals surface area contributed by atoms with E-state index in [1.54, 1.807) is 27.7 Å². The van der Waals surface area contributed by atoms with Gasteiger partial charge in [0.2, 0.25) is 0 Å². The van der Waals surface area contributed by atoms with Gasteiger partial charge in [-0.25, -0.2) is 4.68 Å². The largest absolute Gasteiger partial charge is 0.269 e. The first-order chi connectivity index (χ1) is 13.2. The van der Waals surface area contributed by atoms with Crippen LogP contribution in [0.3, 0.4) is 0 Å². The van der Waals surface area contributed by atoms with Crippen molar-refractivity contribution in [2.75, 3.05) is 6.54 Å². The lowest BCUT2D eigenvalue weighted by Gasteiger charge is -1.98. The number of nitro benzene ring substituents is 1. The number of nitro groups is 1. The number of non-ortho nitro benzene ring substituents is 1. The van der Waals surface area contributed by atoms with Crippen LogP contribution in [0.1, 0.15) is 18.5 Å². The van der Waals surface area contributed by atoms with Gasteiger partial charge < -0.3 is 0 Å². The summed E-state index contributed by atoms with van der Waals surface area (Å²) in [4.78, 5) is 13.0. The van der Waals surface area contributed by atoms with E-state index in [2.05, 4.69) is 30.7 Å². The van der Waals surface area contributed by atoms with E-state index in [9.17, 15) is 10.1 Å². The molecule has 0 radical (unpaired) electrons. The van der Waals surface area contributed by atoms with Crippen molar-refractivity contribution in [2.24, 2.45) is 5.11 Å². The van der Waals surface area contributed by atoms with Gasteiger partial charge in [0.05, 0.1) is 23.9 Å². The Morgan fingerprint density at radius 1 is 1.11 bits per heavy atom. The number of aryl methyl sites for hydroxylation is 1. The zero-order chi connectivity index (χ0) is 19.1. The first kappa shape index (κ1) is 18.0. The van der Waals surface area contributed by atoms with E-state index in [0.717, 1.165) is 24.1 Å². The third-order valence-corrected chi connectivity index (χ3v) is 3.78. The van der Waals surface area contributed by atoms with Crippen LogP contribution in [0.2, 0.25) is 0 Å². The van der Waals surface area contributed by atoms with Gasteiger partial charge in [0.25, 0.3) is 5.69 Å². The normalized spacial score (nSPS) is 10.5. The van der Waals surface area contributed by atoms with Gasteiger partial charge in [0, 0.05) is 35.7 Å². The number of benzene rings is 1. The van der Waals surface area contributed by atoms with Crippen molar-refractivity contribution < 1.29 is 4.92 Å². The molecule has 0 atom stereocenters. The zero-order valence-corrected chi connectivity index (χ0v) is 14.3. The second-order valence-corrected chi connectivity index (χ2v) is 5.74. The number of unbranched alkanes of at least 4 members (excludes halogenated alkanes) is 1. The third kappa shape index (κ3) is 4.86. The van der Waals surface area contributed by atoms with Crippen molar-refractivity contribution in [1.29, 1.82) is 0 Å². The van der Waals surface area contributed by atoms with Crippen LogP contribution in [0.4, 0.5) is 5.69 Å². The summed E-state index contributed by atoms with van der Waals surface area (Å²) in [6.07, 6.45) is 5.22. The van der Waals surface area contributed by atoms with E-state index in [0.29, 0.717) is 25.3 Å². The molecule has 0 bridgehead atoms. The fraction of sp³-hybridized carbons (Fsp3) is 0.333. The number of rotatable bonds is 9. The first-order valence-electron chi connectivity index (χ1n) is 8.20. The molecule has 0 saturated heterocycles. The highest BCUT2D eigenvalue weighted by Gasteiger charge is 2.09. The van der Waals surface area contributed by atoms with Crippen LogP contribution in [-0.4, -0.2) is 41.5 Å². The minimum absolute atomic E-state index is 0.0298. The van der Waals surface area contributed by atoms with Crippen molar-refractivity contribution in [3.63, 3.8) is 0 Å². The molecule has 0 fully saturated rings. The second kappa shape index (κ2) is 8.54. The zero-order valence-electron chi connectivity index (χ0n) is 14.3. The molecule has 2 aromatic heterocycles. The van der Waals surface area contributed by atoms with Crippen LogP contribution in [0, 0.1) is 10.1 Å². The minimum atomic E-state index is -0.444. The molecule has 0 aliphatic carbocycles. The summed E-state index contributed by atoms with van der Waals surface area (Å²) in [5.74, 6) is 0. The van der Waals surface area contributed by atoms with Crippen molar-refractivity contribution in [2.45, 2.75) is 25.9 Å². The molecule has 0 amide bonds. The monoisotopic (exact) mass is 368 g/mol. The number of hydrogen-bond acceptors (Lipinski definition) is 7. The molecule has 0 aliphatic rings. The molecule has 0 aliphatic heterocycles. The lowest BCUT2D eigenvalue weighted by molar-refractivity contribution is -0.384. The average molecular weight is 368 g/mol. The van der Waals surface area contributed by atoms with E-state index in [1.807, 2.05) is 6.20 Å². The fourth-order valence-corrected chi connectivity index (χ4v) is 2.45. The van der Waals surface area contributed by atoms with Crippen LogP contribution in [0.15, 0.2) is 41.8 Å². The van der Waals surface area contributed by atoms with Crippen LogP contribution in [0.5, 0.6) is 0 Å². The molecule has 12 nitrogen and oxygen atoms in total. The predicted molar refractivity (Wildman–Crippen MR) is 94.5 cm³/mol. The van der Waals surface area contributed by atoms with Crippen LogP contribution < -0.4 is 0 Å². The molecule has 0 N–H and O–H groups in total. The smallest absolute Gasteiger partial charge is 0.258 e. The molecular formula is C15H16N10O2. The van der Waals surface area contributed by atoms with Crippen molar-refractivity contribution in [1.82, 2.24) is 30.0 Å². The Bertz CT molecular complexity index is 955. The Kier molecular flexibility index (Phi) is 5.70. The van der Waals surface area contributed by atoms with Crippen LogP contribution in [0.25, 0.3) is 21.7 Å². The molecule has 27 heavy (non-hydrogen) atoms. The van der Waals surface area contributed by atoms with Gasteiger partial charge in [-0.05, 0) is 30.5 Å². The summed E-state index contributed by atoms with van der Waals surface area (Å²) < 4.78 is 3.37. The van der Waals surface area contributed by atoms with E-state index in [-0.39, 0.29) is 5.69 Å². The summed E-state index contributed by atoms with van der Waals surface area (Å²) >= 11 is 0. The average Bonchev–Trinajstić information content (AvgIpc) is 3.32. The number of hydrogen-bond donors (Lipinski definition) is 0. The van der Waals surface area contributed by atoms with Crippen molar-refractivity contribution in [3.05, 3.63) is 62.9 Å². The molecule has 0 unspecified atom stereocenters. The van der Waals surface area contributed by atoms with Gasteiger partial charge in [-0.15, -0.1) is 10.2 Å². The molecule has 0 saturated carbocycles. The molecule has 138 valence electrons. The molecular weight excluding hydrogens is 352 g/mol. The van der Waals surface area contributed by atoms with Gasteiger partial charge in [0.1, 0.15) is 11.4 Å². The van der Waals surface area contributed by atoms with Gasteiger partial charge in [-0.1, -0.05) is 15.5 Å². The molecule has 3 aromatic rings. The summed E-state index contributed by atoms with van der Waals surface area (Å²) in [5.41, 5.74) is 10.4. The Labute approximate surface area is 153 Å². The topological polar surface area (TPSA) is 153 Å². The lowest BCUT2D eigenvalue weighted by atomic mass is 10.1. The van der Waals surface area contributed by atoms with Crippen molar-refractivity contribution in [3.8, 4) is 11.3 Å². The van der Waals surface area contributed by atoms with E-state index >= 15 is 0 Å². The first-order valence-corrected chi connectivity index (χ1v) is 8.20. The maximum absolute atomic E-state index is 10.7. The Morgan fingerprint density at radius 2 is 1.89 bits per heavy atom. The molecule has 12 heteroatoms. The maximum Gasteiger partial charge on any atom is 0.269 e. The summed E-state index contributed by atoms with van der Waals surface area (Å²) in [6.45, 7) is 1.58. The highest BCUT2D eigenvalue weighted by Crippen LogP contribution is 2.20. The van der Waals surface area contributed by atoms with E-state index in [1.165, 1.54) is 12.1 Å². The fourth-order valence-electron chi connectivity index (χ4n) is 2.45. The Hall–Kier alpha value is -3.79. The molecule has 0 spiro atoms. The quantitative estimate of drug-likeness (QED) is 0.141. The highest BCUT2D eigenvalue weighted by atomic mass is 16.6. The van der Waals surface area contributed by atoms with Gasteiger partial charge in [-0.3, -0.25) is 14.8 Å². The third-order valence-electron chi connectivity index (χ3n) is 3.78. The number of nitrogens with zero attached hydrogens (tertiary/aromatic N) is 10. The Balaban J connectivity index is 1.57. The van der Waals surface area contributed by atoms with Crippen LogP contribution >= 0.6 is 0 Å². The lowest BCUT2D eigenvalue weighted by Crippen LogP contribution is -2.01. The number of azide groups is 1. The van der Waals surface area contributed by atoms with Gasteiger partial charge in [-0.2, -0.15) is 0 Å². The number of aromatic nitrogens is 6.